The van der Waals surface area contributed by atoms with Gasteiger partial charge in [0.05, 0.1) is 11.2 Å². The van der Waals surface area contributed by atoms with E-state index in [1.807, 2.05) is 17.9 Å². The van der Waals surface area contributed by atoms with E-state index in [9.17, 15) is 0 Å². The topological polar surface area (TPSA) is 29.9 Å². The zero-order valence-corrected chi connectivity index (χ0v) is 12.7. The van der Waals surface area contributed by atoms with Gasteiger partial charge in [-0.05, 0) is 51.8 Å². The number of anilines is 1. The summed E-state index contributed by atoms with van der Waals surface area (Å²) in [6.45, 7) is 10.8. The third-order valence-corrected chi connectivity index (χ3v) is 3.47. The third kappa shape index (κ3) is 2.80. The molecule has 0 spiro atoms. The van der Waals surface area contributed by atoms with Crippen molar-refractivity contribution in [3.05, 3.63) is 46.8 Å². The minimum Gasteiger partial charge on any atom is -0.374 e. The molecule has 1 heterocycles. The van der Waals surface area contributed by atoms with Gasteiger partial charge in [-0.25, -0.2) is 0 Å². The van der Waals surface area contributed by atoms with E-state index in [0.717, 1.165) is 5.69 Å². The van der Waals surface area contributed by atoms with Crippen molar-refractivity contribution < 1.29 is 0 Å². The normalized spacial score (nSPS) is 11.7. The van der Waals surface area contributed by atoms with Gasteiger partial charge in [0.25, 0.3) is 0 Å². The predicted octanol–water partition coefficient (Wildman–Crippen LogP) is 3.69. The summed E-state index contributed by atoms with van der Waals surface area (Å²) in [7, 11) is 1.95. The molecular formula is C16H23N3. The van der Waals surface area contributed by atoms with Crippen LogP contribution in [0.15, 0.2) is 24.4 Å². The molecule has 0 saturated carbocycles. The van der Waals surface area contributed by atoms with Crippen LogP contribution in [0.5, 0.6) is 0 Å². The minimum atomic E-state index is -0.188. The number of nitrogens with zero attached hydrogens (tertiary/aromatic N) is 2. The summed E-state index contributed by atoms with van der Waals surface area (Å²) in [5, 5.41) is 8.15. The van der Waals surface area contributed by atoms with Gasteiger partial charge in [-0.2, -0.15) is 5.10 Å². The van der Waals surface area contributed by atoms with Gasteiger partial charge in [-0.15, -0.1) is 0 Å². The molecule has 0 atom stereocenters. The van der Waals surface area contributed by atoms with Gasteiger partial charge in [0.2, 0.25) is 0 Å². The van der Waals surface area contributed by atoms with Gasteiger partial charge >= 0.3 is 0 Å². The maximum Gasteiger partial charge on any atom is 0.0872 e. The lowest BCUT2D eigenvalue weighted by Gasteiger charge is -2.28. The van der Waals surface area contributed by atoms with Crippen LogP contribution in [0.4, 0.5) is 5.69 Å². The van der Waals surface area contributed by atoms with Crippen LogP contribution in [0, 0.1) is 20.8 Å². The van der Waals surface area contributed by atoms with Crippen LogP contribution in [-0.4, -0.2) is 9.78 Å². The molecule has 0 amide bonds. The fourth-order valence-corrected chi connectivity index (χ4v) is 2.50. The third-order valence-electron chi connectivity index (χ3n) is 3.47. The van der Waals surface area contributed by atoms with Crippen molar-refractivity contribution >= 4 is 5.69 Å². The highest BCUT2D eigenvalue weighted by Gasteiger charge is 2.24. The van der Waals surface area contributed by atoms with E-state index in [4.69, 9.17) is 0 Å². The lowest BCUT2D eigenvalue weighted by Crippen LogP contribution is -2.29. The first-order valence-electron chi connectivity index (χ1n) is 6.66. The smallest absolute Gasteiger partial charge is 0.0872 e. The molecule has 0 radical (unpaired) electrons. The van der Waals surface area contributed by atoms with Crippen LogP contribution >= 0.6 is 0 Å². The number of aryl methyl sites for hydroxylation is 4. The second-order valence-electron chi connectivity index (χ2n) is 5.90. The highest BCUT2D eigenvalue weighted by atomic mass is 15.3. The Kier molecular flexibility index (Phi) is 3.40. The van der Waals surface area contributed by atoms with E-state index in [1.165, 1.54) is 22.4 Å². The fourth-order valence-electron chi connectivity index (χ4n) is 2.50. The molecule has 1 aromatic heterocycles. The summed E-state index contributed by atoms with van der Waals surface area (Å²) >= 11 is 0. The first-order chi connectivity index (χ1) is 8.79. The largest absolute Gasteiger partial charge is 0.374 e. The minimum absolute atomic E-state index is 0.188. The Morgan fingerprint density at radius 2 is 1.68 bits per heavy atom. The summed E-state index contributed by atoms with van der Waals surface area (Å²) in [4.78, 5) is 0. The van der Waals surface area contributed by atoms with E-state index < -0.39 is 0 Å². The number of nitrogens with one attached hydrogen (secondary N) is 1. The van der Waals surface area contributed by atoms with Gasteiger partial charge < -0.3 is 5.32 Å². The van der Waals surface area contributed by atoms with E-state index in [2.05, 4.69) is 63.2 Å². The number of hydrogen-bond acceptors (Lipinski definition) is 2. The molecule has 2 rings (SSSR count). The van der Waals surface area contributed by atoms with Gasteiger partial charge in [0.15, 0.2) is 0 Å². The molecule has 0 aliphatic carbocycles. The molecule has 102 valence electrons. The Labute approximate surface area is 115 Å². The first kappa shape index (κ1) is 13.7. The molecule has 0 unspecified atom stereocenters. The SMILES string of the molecule is Cc1cc(C)c(NC(C)(C)c2ccn(C)n2)c(C)c1. The molecule has 0 aliphatic rings. The molecule has 0 fully saturated rings. The zero-order chi connectivity index (χ0) is 14.2. The van der Waals surface area contributed by atoms with Gasteiger partial charge in [0.1, 0.15) is 0 Å². The van der Waals surface area contributed by atoms with Gasteiger partial charge in [-0.3, -0.25) is 4.68 Å². The lowest BCUT2D eigenvalue weighted by atomic mass is 9.97. The maximum atomic E-state index is 4.51. The second kappa shape index (κ2) is 4.72. The van der Waals surface area contributed by atoms with E-state index >= 15 is 0 Å². The van der Waals surface area contributed by atoms with Crippen molar-refractivity contribution in [2.75, 3.05) is 5.32 Å². The average Bonchev–Trinajstić information content (AvgIpc) is 2.71. The second-order valence-corrected chi connectivity index (χ2v) is 5.90. The van der Waals surface area contributed by atoms with Gasteiger partial charge in [-0.1, -0.05) is 17.7 Å². The van der Waals surface area contributed by atoms with Crippen LogP contribution in [0.3, 0.4) is 0 Å². The van der Waals surface area contributed by atoms with E-state index in [0.29, 0.717) is 0 Å². The summed E-state index contributed by atoms with van der Waals surface area (Å²) < 4.78 is 1.84. The lowest BCUT2D eigenvalue weighted by molar-refractivity contribution is 0.568. The standard InChI is InChI=1S/C16H23N3/c1-11-9-12(2)15(13(3)10-11)17-16(4,5)14-7-8-19(6)18-14/h7-10,17H,1-6H3. The maximum absolute atomic E-state index is 4.51. The molecule has 0 saturated heterocycles. The molecule has 19 heavy (non-hydrogen) atoms. The molecule has 0 bridgehead atoms. The molecular weight excluding hydrogens is 234 g/mol. The van der Waals surface area contributed by atoms with Gasteiger partial charge in [0, 0.05) is 18.9 Å². The van der Waals surface area contributed by atoms with Crippen molar-refractivity contribution in [2.24, 2.45) is 7.05 Å². The van der Waals surface area contributed by atoms with Crippen LogP contribution in [0.25, 0.3) is 0 Å². The van der Waals surface area contributed by atoms with Crippen molar-refractivity contribution in [1.82, 2.24) is 9.78 Å². The summed E-state index contributed by atoms with van der Waals surface area (Å²) in [5.74, 6) is 0. The molecule has 3 nitrogen and oxygen atoms in total. The Balaban J connectivity index is 2.35. The van der Waals surface area contributed by atoms with Crippen LogP contribution in [0.2, 0.25) is 0 Å². The quantitative estimate of drug-likeness (QED) is 0.908. The summed E-state index contributed by atoms with van der Waals surface area (Å²) in [5.41, 5.74) is 5.93. The van der Waals surface area contributed by atoms with Crippen LogP contribution in [0.1, 0.15) is 36.2 Å². The monoisotopic (exact) mass is 257 g/mol. The van der Waals surface area contributed by atoms with Crippen molar-refractivity contribution in [2.45, 2.75) is 40.2 Å². The van der Waals surface area contributed by atoms with Crippen molar-refractivity contribution in [3.8, 4) is 0 Å². The van der Waals surface area contributed by atoms with E-state index in [-0.39, 0.29) is 5.54 Å². The van der Waals surface area contributed by atoms with E-state index in [1.54, 1.807) is 0 Å². The van der Waals surface area contributed by atoms with Crippen LogP contribution in [-0.2, 0) is 12.6 Å². The molecule has 1 aromatic carbocycles. The zero-order valence-electron chi connectivity index (χ0n) is 12.7. The Bertz CT molecular complexity index is 571. The van der Waals surface area contributed by atoms with Crippen molar-refractivity contribution in [3.63, 3.8) is 0 Å². The number of hydrogen-bond donors (Lipinski definition) is 1. The highest BCUT2D eigenvalue weighted by Crippen LogP contribution is 2.29. The molecule has 2 aromatic rings. The first-order valence-corrected chi connectivity index (χ1v) is 6.66. The predicted molar refractivity (Wildman–Crippen MR) is 80.5 cm³/mol. The number of aromatic nitrogens is 2. The van der Waals surface area contributed by atoms with Crippen LogP contribution < -0.4 is 5.32 Å². The average molecular weight is 257 g/mol. The Morgan fingerprint density at radius 1 is 1.11 bits per heavy atom. The Morgan fingerprint density at radius 3 is 2.16 bits per heavy atom. The summed E-state index contributed by atoms with van der Waals surface area (Å²) in [6.07, 6.45) is 1.98. The molecule has 1 N–H and O–H groups in total. The summed E-state index contributed by atoms with van der Waals surface area (Å²) in [6, 6.07) is 6.49. The number of benzene rings is 1. The molecule has 0 aliphatic heterocycles. The number of rotatable bonds is 3. The highest BCUT2D eigenvalue weighted by molar-refractivity contribution is 5.59. The molecule has 3 heteroatoms. The fraction of sp³-hybridized carbons (Fsp3) is 0.438. The Hall–Kier alpha value is -1.77. The van der Waals surface area contributed by atoms with Crippen molar-refractivity contribution in [1.29, 1.82) is 0 Å².